The van der Waals surface area contributed by atoms with Crippen LogP contribution in [0.25, 0.3) is 22.5 Å². The summed E-state index contributed by atoms with van der Waals surface area (Å²) in [5.41, 5.74) is 4.97. The quantitative estimate of drug-likeness (QED) is 0.119. The molecule has 1 amide bonds. The van der Waals surface area contributed by atoms with Crippen LogP contribution in [0.15, 0.2) is 128 Å². The van der Waals surface area contributed by atoms with Gasteiger partial charge >= 0.3 is 12.1 Å². The van der Waals surface area contributed by atoms with Crippen molar-refractivity contribution in [2.75, 3.05) is 20.3 Å². The smallest absolute Gasteiger partial charge is 0.416 e. The molecule has 0 radical (unpaired) electrons. The number of hydrogen-bond acceptors (Lipinski definition) is 7. The number of carboxylic acids is 1. The molecule has 0 aliphatic heterocycles. The Bertz CT molecular complexity index is 2060. The molecule has 54 heavy (non-hydrogen) atoms. The molecule has 4 aromatic carbocycles. The number of aryl methyl sites for hydroxylation is 2. The maximum atomic E-state index is 13.2. The Morgan fingerprint density at radius 3 is 1.93 bits per heavy atom. The van der Waals surface area contributed by atoms with Gasteiger partial charge in [0.05, 0.1) is 37.5 Å². The first-order valence-corrected chi connectivity index (χ1v) is 17.8. The minimum Gasteiger partial charge on any atom is -0.497 e. The average molecular weight is 730 g/mol. The summed E-state index contributed by atoms with van der Waals surface area (Å²) in [6, 6.07) is 33.6. The van der Waals surface area contributed by atoms with Gasteiger partial charge in [-0.15, -0.1) is 0 Å². The zero-order valence-corrected chi connectivity index (χ0v) is 31.3. The average Bonchev–Trinajstić information content (AvgIpc) is 3.79. The fourth-order valence-corrected chi connectivity index (χ4v) is 5.84. The van der Waals surface area contributed by atoms with E-state index in [9.17, 15) is 14.7 Å². The number of carbonyl (C=O) groups is 2. The summed E-state index contributed by atoms with van der Waals surface area (Å²) in [6.45, 7) is 3.99. The van der Waals surface area contributed by atoms with Gasteiger partial charge in [0, 0.05) is 44.0 Å². The minimum atomic E-state index is -1.12. The lowest BCUT2D eigenvalue weighted by atomic mass is 9.95. The Hall–Kier alpha value is -6.36. The van der Waals surface area contributed by atoms with Crippen LogP contribution in [-0.2, 0) is 25.3 Å². The van der Waals surface area contributed by atoms with Crippen LogP contribution in [0.5, 0.6) is 17.2 Å². The molecule has 0 saturated carbocycles. The fraction of sp³-hybridized carbons (Fsp3) is 0.256. The fourth-order valence-electron chi connectivity index (χ4n) is 5.84. The van der Waals surface area contributed by atoms with Crippen molar-refractivity contribution >= 4 is 12.1 Å². The monoisotopic (exact) mass is 729 g/mol. The Morgan fingerprint density at radius 2 is 1.37 bits per heavy atom. The van der Waals surface area contributed by atoms with E-state index in [1.54, 1.807) is 31.4 Å². The molecule has 0 saturated heterocycles. The molecule has 11 nitrogen and oxygen atoms in total. The molecule has 1 N–H and O–H groups in total. The van der Waals surface area contributed by atoms with E-state index in [0.717, 1.165) is 33.9 Å². The number of nitrogens with zero attached hydrogens (tertiary/aromatic N) is 5. The second kappa shape index (κ2) is 18.9. The van der Waals surface area contributed by atoms with Gasteiger partial charge in [0.1, 0.15) is 29.6 Å². The third-order valence-corrected chi connectivity index (χ3v) is 8.55. The second-order valence-electron chi connectivity index (χ2n) is 13.2. The van der Waals surface area contributed by atoms with E-state index in [2.05, 4.69) is 17.1 Å². The van der Waals surface area contributed by atoms with Gasteiger partial charge in [-0.25, -0.2) is 14.8 Å². The summed E-state index contributed by atoms with van der Waals surface area (Å²) in [5.74, 6) is 1.57. The van der Waals surface area contributed by atoms with E-state index in [4.69, 9.17) is 19.2 Å². The molecule has 280 valence electrons. The van der Waals surface area contributed by atoms with E-state index in [0.29, 0.717) is 36.7 Å². The van der Waals surface area contributed by atoms with E-state index >= 15 is 0 Å². The van der Waals surface area contributed by atoms with Crippen molar-refractivity contribution < 1.29 is 28.9 Å². The minimum absolute atomic E-state index is 0.189. The normalized spacial score (nSPS) is 11.3. The summed E-state index contributed by atoms with van der Waals surface area (Å²) in [6.07, 6.45) is 6.27. The van der Waals surface area contributed by atoms with Crippen LogP contribution in [0.1, 0.15) is 37.7 Å². The number of rotatable bonds is 14. The zero-order valence-electron chi connectivity index (χ0n) is 31.3. The molecule has 6 rings (SSSR count). The van der Waals surface area contributed by atoms with Crippen molar-refractivity contribution in [2.45, 2.75) is 32.7 Å². The molecule has 0 aliphatic rings. The Labute approximate surface area is 316 Å². The van der Waals surface area contributed by atoms with Gasteiger partial charge in [0.25, 0.3) is 0 Å². The number of aliphatic carboxylic acids is 1. The number of carboxylic acid groups (broad SMARTS) is 1. The largest absolute Gasteiger partial charge is 0.497 e. The number of ether oxygens (including phenoxy) is 3. The second-order valence-corrected chi connectivity index (χ2v) is 13.2. The molecule has 2 heterocycles. The molecule has 0 fully saturated rings. The van der Waals surface area contributed by atoms with Crippen molar-refractivity contribution in [2.24, 2.45) is 20.0 Å². The summed E-state index contributed by atoms with van der Waals surface area (Å²) >= 11 is 0. The van der Waals surface area contributed by atoms with Crippen LogP contribution in [0.4, 0.5) is 4.79 Å². The predicted octanol–water partition coefficient (Wildman–Crippen LogP) is 8.48. The van der Waals surface area contributed by atoms with Gasteiger partial charge in [-0.05, 0) is 54.3 Å². The van der Waals surface area contributed by atoms with Crippen molar-refractivity contribution in [3.63, 3.8) is 0 Å². The van der Waals surface area contributed by atoms with Crippen LogP contribution < -0.4 is 14.2 Å². The molecule has 11 heteroatoms. The number of aromatic nitrogens is 4. The number of hydrogen-bond donors (Lipinski definition) is 1. The summed E-state index contributed by atoms with van der Waals surface area (Å²) < 4.78 is 20.7. The molecule has 0 spiro atoms. The van der Waals surface area contributed by atoms with Gasteiger partial charge in [0.2, 0.25) is 0 Å². The van der Waals surface area contributed by atoms with Crippen molar-refractivity contribution in [3.05, 3.63) is 139 Å². The highest BCUT2D eigenvalue weighted by Gasteiger charge is 2.30. The van der Waals surface area contributed by atoms with Crippen LogP contribution in [0.2, 0.25) is 0 Å². The van der Waals surface area contributed by atoms with Crippen molar-refractivity contribution in [1.29, 1.82) is 0 Å². The molecular formula is C43H47N5O6. The molecule has 0 bridgehead atoms. The lowest BCUT2D eigenvalue weighted by Gasteiger charge is -2.31. The van der Waals surface area contributed by atoms with Gasteiger partial charge in [-0.2, -0.15) is 0 Å². The molecule has 0 unspecified atom stereocenters. The van der Waals surface area contributed by atoms with Gasteiger partial charge in [0.15, 0.2) is 0 Å². The SMILES string of the molecule is COc1ccc(OC(=O)N(CC(=O)O)[C@@H](CC(C)C)c2ccc(OCCc3nc(-c4ccccc4)cn3C)cc2)cc1.Cn1cnc(-c2ccccc2)c1. The van der Waals surface area contributed by atoms with Crippen LogP contribution >= 0.6 is 0 Å². The highest BCUT2D eigenvalue weighted by Crippen LogP contribution is 2.31. The molecule has 1 atom stereocenters. The Kier molecular flexibility index (Phi) is 13.6. The lowest BCUT2D eigenvalue weighted by Crippen LogP contribution is -2.41. The number of methoxy groups -OCH3 is 1. The Morgan fingerprint density at radius 1 is 0.778 bits per heavy atom. The topological polar surface area (TPSA) is 121 Å². The van der Waals surface area contributed by atoms with Gasteiger partial charge in [-0.1, -0.05) is 86.6 Å². The summed E-state index contributed by atoms with van der Waals surface area (Å²) in [7, 11) is 5.49. The van der Waals surface area contributed by atoms with Crippen LogP contribution in [0, 0.1) is 5.92 Å². The first-order valence-electron chi connectivity index (χ1n) is 17.8. The first kappa shape index (κ1) is 38.9. The maximum Gasteiger partial charge on any atom is 0.416 e. The van der Waals surface area contributed by atoms with Gasteiger partial charge in [-0.3, -0.25) is 9.69 Å². The maximum absolute atomic E-state index is 13.2. The van der Waals surface area contributed by atoms with Crippen molar-refractivity contribution in [1.82, 2.24) is 24.0 Å². The number of imidazole rings is 2. The zero-order chi connectivity index (χ0) is 38.5. The molecular weight excluding hydrogens is 683 g/mol. The third kappa shape index (κ3) is 11.1. The summed E-state index contributed by atoms with van der Waals surface area (Å²) in [4.78, 5) is 35.3. The van der Waals surface area contributed by atoms with E-state index in [-0.39, 0.29) is 5.92 Å². The van der Waals surface area contributed by atoms with E-state index < -0.39 is 24.6 Å². The molecule has 6 aromatic rings. The van der Waals surface area contributed by atoms with Gasteiger partial charge < -0.3 is 28.5 Å². The number of amides is 1. The highest BCUT2D eigenvalue weighted by atomic mass is 16.6. The lowest BCUT2D eigenvalue weighted by molar-refractivity contribution is -0.138. The highest BCUT2D eigenvalue weighted by molar-refractivity contribution is 5.78. The predicted molar refractivity (Wildman–Crippen MR) is 208 cm³/mol. The van der Waals surface area contributed by atoms with E-state index in [1.165, 1.54) is 4.90 Å². The van der Waals surface area contributed by atoms with Crippen molar-refractivity contribution in [3.8, 4) is 39.8 Å². The standard InChI is InChI=1S/C33H37N3O6.C10H10N2/c1-23(2)20-30(36(22-32(37)38)33(39)42-28-16-14-26(40-4)15-17-28)25-10-12-27(13-11-25)41-19-18-31-34-29(21-35(31)3)24-8-6-5-7-9-24;1-12-7-10(11-8-12)9-5-3-2-4-6-9/h5-17,21,23,30H,18-20,22H2,1-4H3,(H,37,38);2-8H,1H3/t30-;/m0./s1. The molecule has 0 aliphatic carbocycles. The Balaban J connectivity index is 0.000000392. The summed E-state index contributed by atoms with van der Waals surface area (Å²) in [5, 5.41) is 9.63. The first-order chi connectivity index (χ1) is 26.1. The van der Waals surface area contributed by atoms with Crippen LogP contribution in [-0.4, -0.2) is 61.4 Å². The number of benzene rings is 4. The molecule has 2 aromatic heterocycles. The third-order valence-electron chi connectivity index (χ3n) is 8.55. The number of carbonyl (C=O) groups excluding carboxylic acids is 1. The van der Waals surface area contributed by atoms with Crippen LogP contribution in [0.3, 0.4) is 0 Å². The van der Waals surface area contributed by atoms with E-state index in [1.807, 2.05) is 129 Å².